The van der Waals surface area contributed by atoms with Gasteiger partial charge in [0.25, 0.3) is 5.91 Å². The van der Waals surface area contributed by atoms with Gasteiger partial charge in [-0.3, -0.25) is 4.79 Å². The topological polar surface area (TPSA) is 42.0 Å². The van der Waals surface area contributed by atoms with Crippen LogP contribution in [0.5, 0.6) is 11.5 Å². The molecule has 0 bridgehead atoms. The Bertz CT molecular complexity index is 967. The zero-order valence-electron chi connectivity index (χ0n) is 16.2. The number of nitrogens with zero attached hydrogens (tertiary/aromatic N) is 2. The van der Waals surface area contributed by atoms with E-state index >= 15 is 0 Å². The molecule has 0 radical (unpaired) electrons. The number of benzene rings is 3. The molecule has 5 nitrogen and oxygen atoms in total. The lowest BCUT2D eigenvalue weighted by Crippen LogP contribution is -2.48. The highest BCUT2D eigenvalue weighted by molar-refractivity contribution is 6.07. The summed E-state index contributed by atoms with van der Waals surface area (Å²) >= 11 is 0. The molecule has 1 aliphatic rings. The minimum Gasteiger partial charge on any atom is -0.497 e. The molecule has 0 aromatic heterocycles. The molecule has 1 amide bonds. The van der Waals surface area contributed by atoms with Crippen LogP contribution < -0.4 is 14.4 Å². The van der Waals surface area contributed by atoms with Gasteiger partial charge < -0.3 is 19.3 Å². The Balaban J connectivity index is 1.50. The Kier molecular flexibility index (Phi) is 5.06. The van der Waals surface area contributed by atoms with E-state index in [4.69, 9.17) is 9.47 Å². The van der Waals surface area contributed by atoms with Crippen molar-refractivity contribution in [3.8, 4) is 11.5 Å². The number of hydrogen-bond donors (Lipinski definition) is 0. The SMILES string of the molecule is COc1cc(OC)cc(N2CCN(C(=O)c3cccc4ccccc34)CC2)c1. The lowest BCUT2D eigenvalue weighted by molar-refractivity contribution is 0.0748. The molecule has 0 N–H and O–H groups in total. The fourth-order valence-electron chi connectivity index (χ4n) is 3.72. The number of anilines is 1. The first-order valence-corrected chi connectivity index (χ1v) is 9.44. The van der Waals surface area contributed by atoms with Crippen LogP contribution >= 0.6 is 0 Å². The Hall–Kier alpha value is -3.21. The quantitative estimate of drug-likeness (QED) is 0.694. The van der Waals surface area contributed by atoms with Crippen LogP contribution in [-0.4, -0.2) is 51.2 Å². The highest BCUT2D eigenvalue weighted by Gasteiger charge is 2.24. The van der Waals surface area contributed by atoms with Gasteiger partial charge in [0.15, 0.2) is 0 Å². The van der Waals surface area contributed by atoms with E-state index in [0.29, 0.717) is 13.1 Å². The van der Waals surface area contributed by atoms with Crippen LogP contribution in [0.15, 0.2) is 60.7 Å². The third-order valence-electron chi connectivity index (χ3n) is 5.29. The molecule has 1 fully saturated rings. The summed E-state index contributed by atoms with van der Waals surface area (Å²) in [6, 6.07) is 19.8. The van der Waals surface area contributed by atoms with Crippen LogP contribution in [0.4, 0.5) is 5.69 Å². The molecule has 0 aliphatic carbocycles. The monoisotopic (exact) mass is 376 g/mol. The second-order valence-corrected chi connectivity index (χ2v) is 6.88. The van der Waals surface area contributed by atoms with Gasteiger partial charge in [-0.25, -0.2) is 0 Å². The largest absolute Gasteiger partial charge is 0.497 e. The molecule has 0 unspecified atom stereocenters. The molecular formula is C23H24N2O3. The van der Waals surface area contributed by atoms with Crippen molar-refractivity contribution in [3.05, 3.63) is 66.2 Å². The van der Waals surface area contributed by atoms with Crippen LogP contribution in [0.2, 0.25) is 0 Å². The molecule has 3 aromatic carbocycles. The summed E-state index contributed by atoms with van der Waals surface area (Å²) in [4.78, 5) is 17.3. The number of rotatable bonds is 4. The highest BCUT2D eigenvalue weighted by Crippen LogP contribution is 2.29. The summed E-state index contributed by atoms with van der Waals surface area (Å²) in [5, 5.41) is 2.10. The zero-order chi connectivity index (χ0) is 19.5. The number of amides is 1. The first-order chi connectivity index (χ1) is 13.7. The molecule has 1 aliphatic heterocycles. The number of fused-ring (bicyclic) bond motifs is 1. The van der Waals surface area contributed by atoms with Gasteiger partial charge in [0.1, 0.15) is 11.5 Å². The van der Waals surface area contributed by atoms with E-state index in [2.05, 4.69) is 4.90 Å². The summed E-state index contributed by atoms with van der Waals surface area (Å²) in [5.74, 6) is 1.63. The maximum Gasteiger partial charge on any atom is 0.254 e. The lowest BCUT2D eigenvalue weighted by atomic mass is 10.0. The minimum atomic E-state index is 0.0969. The molecule has 1 saturated heterocycles. The fraction of sp³-hybridized carbons (Fsp3) is 0.261. The summed E-state index contributed by atoms with van der Waals surface area (Å²) in [7, 11) is 3.30. The third-order valence-corrected chi connectivity index (χ3v) is 5.29. The van der Waals surface area contributed by atoms with E-state index in [1.54, 1.807) is 14.2 Å². The number of methoxy groups -OCH3 is 2. The average Bonchev–Trinajstić information content (AvgIpc) is 2.78. The predicted molar refractivity (Wildman–Crippen MR) is 112 cm³/mol. The van der Waals surface area contributed by atoms with Gasteiger partial charge in [-0.15, -0.1) is 0 Å². The zero-order valence-corrected chi connectivity index (χ0v) is 16.2. The summed E-state index contributed by atoms with van der Waals surface area (Å²) in [6.45, 7) is 2.91. The van der Waals surface area contributed by atoms with Crippen LogP contribution in [0, 0.1) is 0 Å². The van der Waals surface area contributed by atoms with E-state index in [1.807, 2.05) is 65.6 Å². The van der Waals surface area contributed by atoms with E-state index in [-0.39, 0.29) is 5.91 Å². The average molecular weight is 376 g/mol. The Morgan fingerprint density at radius 2 is 1.46 bits per heavy atom. The molecular weight excluding hydrogens is 352 g/mol. The Morgan fingerprint density at radius 3 is 2.14 bits per heavy atom. The molecule has 4 rings (SSSR count). The van der Waals surface area contributed by atoms with Crippen molar-refractivity contribution in [3.63, 3.8) is 0 Å². The smallest absolute Gasteiger partial charge is 0.254 e. The molecule has 0 spiro atoms. The molecule has 1 heterocycles. The van der Waals surface area contributed by atoms with Crippen molar-refractivity contribution >= 4 is 22.4 Å². The molecule has 0 saturated carbocycles. The van der Waals surface area contributed by atoms with E-state index in [9.17, 15) is 4.79 Å². The lowest BCUT2D eigenvalue weighted by Gasteiger charge is -2.36. The van der Waals surface area contributed by atoms with Gasteiger partial charge >= 0.3 is 0 Å². The fourth-order valence-corrected chi connectivity index (χ4v) is 3.72. The van der Waals surface area contributed by atoms with Gasteiger partial charge in [-0.2, -0.15) is 0 Å². The summed E-state index contributed by atoms with van der Waals surface area (Å²) in [6.07, 6.45) is 0. The van der Waals surface area contributed by atoms with Crippen molar-refractivity contribution in [1.82, 2.24) is 4.90 Å². The van der Waals surface area contributed by atoms with Gasteiger partial charge in [0.05, 0.1) is 14.2 Å². The van der Waals surface area contributed by atoms with E-state index < -0.39 is 0 Å². The second-order valence-electron chi connectivity index (χ2n) is 6.88. The predicted octanol–water partition coefficient (Wildman–Crippen LogP) is 3.82. The molecule has 0 atom stereocenters. The highest BCUT2D eigenvalue weighted by atomic mass is 16.5. The molecule has 5 heteroatoms. The number of carbonyl (C=O) groups is 1. The van der Waals surface area contributed by atoms with Crippen LogP contribution in [0.1, 0.15) is 10.4 Å². The number of carbonyl (C=O) groups excluding carboxylic acids is 1. The maximum atomic E-state index is 13.1. The van der Waals surface area contributed by atoms with Crippen molar-refractivity contribution in [2.75, 3.05) is 45.3 Å². The van der Waals surface area contributed by atoms with Crippen molar-refractivity contribution < 1.29 is 14.3 Å². The Morgan fingerprint density at radius 1 is 0.821 bits per heavy atom. The van der Waals surface area contributed by atoms with Crippen molar-refractivity contribution in [1.29, 1.82) is 0 Å². The number of piperazine rings is 1. The van der Waals surface area contributed by atoms with Crippen LogP contribution in [0.25, 0.3) is 10.8 Å². The molecule has 3 aromatic rings. The first-order valence-electron chi connectivity index (χ1n) is 9.44. The van der Waals surface area contributed by atoms with Crippen LogP contribution in [-0.2, 0) is 0 Å². The summed E-state index contributed by atoms with van der Waals surface area (Å²) in [5.41, 5.74) is 1.82. The standard InChI is InChI=1S/C23H24N2O3/c1-27-19-14-18(15-20(16-19)28-2)24-10-12-25(13-11-24)23(26)22-9-5-7-17-6-3-4-8-21(17)22/h3-9,14-16H,10-13H2,1-2H3. The minimum absolute atomic E-state index is 0.0969. The van der Waals surface area contributed by atoms with Gasteiger partial charge in [0, 0.05) is 55.6 Å². The van der Waals surface area contributed by atoms with Crippen LogP contribution in [0.3, 0.4) is 0 Å². The molecule has 144 valence electrons. The molecule has 28 heavy (non-hydrogen) atoms. The van der Waals surface area contributed by atoms with E-state index in [0.717, 1.165) is 46.6 Å². The maximum absolute atomic E-state index is 13.1. The van der Waals surface area contributed by atoms with Crippen molar-refractivity contribution in [2.24, 2.45) is 0 Å². The van der Waals surface area contributed by atoms with Gasteiger partial charge in [-0.1, -0.05) is 36.4 Å². The Labute approximate surface area is 165 Å². The normalized spacial score (nSPS) is 14.2. The van der Waals surface area contributed by atoms with Crippen molar-refractivity contribution in [2.45, 2.75) is 0 Å². The van der Waals surface area contributed by atoms with Gasteiger partial charge in [0.2, 0.25) is 0 Å². The van der Waals surface area contributed by atoms with E-state index in [1.165, 1.54) is 0 Å². The second kappa shape index (κ2) is 7.80. The van der Waals surface area contributed by atoms with Gasteiger partial charge in [-0.05, 0) is 16.8 Å². The summed E-state index contributed by atoms with van der Waals surface area (Å²) < 4.78 is 10.8. The third kappa shape index (κ3) is 3.48. The first kappa shape index (κ1) is 18.2. The number of hydrogen-bond acceptors (Lipinski definition) is 4. The number of ether oxygens (including phenoxy) is 2.